The van der Waals surface area contributed by atoms with Gasteiger partial charge >= 0.3 is 0 Å². The Bertz CT molecular complexity index is 874. The van der Waals surface area contributed by atoms with Gasteiger partial charge in [0.1, 0.15) is 0 Å². The molecule has 1 unspecified atom stereocenters. The fourth-order valence-corrected chi connectivity index (χ4v) is 5.29. The van der Waals surface area contributed by atoms with Gasteiger partial charge in [-0.25, -0.2) is 0 Å². The normalized spacial score (nSPS) is 19.8. The molecule has 1 fully saturated rings. The molecule has 0 saturated carbocycles. The molecule has 8 heteroatoms. The number of hydrogen-bond acceptors (Lipinski definition) is 6. The van der Waals surface area contributed by atoms with E-state index in [2.05, 4.69) is 33.1 Å². The molecule has 0 radical (unpaired) electrons. The molecule has 1 atom stereocenters. The Balaban J connectivity index is 1.32. The first-order chi connectivity index (χ1) is 14.1. The van der Waals surface area contributed by atoms with E-state index in [-0.39, 0.29) is 22.6 Å². The summed E-state index contributed by atoms with van der Waals surface area (Å²) in [5, 5.41) is 12.9. The second-order valence-electron chi connectivity index (χ2n) is 7.60. The lowest BCUT2D eigenvalue weighted by Crippen LogP contribution is -2.51. The molecule has 154 valence electrons. The first kappa shape index (κ1) is 19.8. The highest BCUT2D eigenvalue weighted by Crippen LogP contribution is 2.35. The summed E-state index contributed by atoms with van der Waals surface area (Å²) in [5.74, 6) is 0.220. The zero-order chi connectivity index (χ0) is 20.4. The van der Waals surface area contributed by atoms with Gasteiger partial charge in [-0.2, -0.15) is 0 Å². The summed E-state index contributed by atoms with van der Waals surface area (Å²) in [7, 11) is 0. The van der Waals surface area contributed by atoms with E-state index in [0.717, 1.165) is 51.3 Å². The van der Waals surface area contributed by atoms with Crippen LogP contribution in [0.25, 0.3) is 0 Å². The van der Waals surface area contributed by atoms with Crippen LogP contribution in [0.2, 0.25) is 0 Å². The van der Waals surface area contributed by atoms with E-state index in [1.807, 2.05) is 0 Å². The van der Waals surface area contributed by atoms with Crippen molar-refractivity contribution in [3.8, 4) is 0 Å². The molecule has 2 aromatic rings. The summed E-state index contributed by atoms with van der Waals surface area (Å²) in [6.45, 7) is 6.69. The van der Waals surface area contributed by atoms with Crippen molar-refractivity contribution in [2.75, 3.05) is 44.2 Å². The molecule has 0 N–H and O–H groups in total. The predicted octanol–water partition coefficient (Wildman–Crippen LogP) is 3.31. The van der Waals surface area contributed by atoms with Gasteiger partial charge in [0.15, 0.2) is 0 Å². The number of nitrogens with zero attached hydrogens (tertiary/aromatic N) is 4. The van der Waals surface area contributed by atoms with Crippen molar-refractivity contribution >= 4 is 28.6 Å². The number of non-ortho nitro benzene ring substituents is 1. The predicted molar refractivity (Wildman–Crippen MR) is 115 cm³/mol. The third-order valence-electron chi connectivity index (χ3n) is 5.96. The van der Waals surface area contributed by atoms with Crippen LogP contribution in [-0.2, 0) is 11.2 Å². The summed E-state index contributed by atoms with van der Waals surface area (Å²) >= 11 is 1.80. The SMILES string of the molecule is CCC1c2ccsc2CCN1C(=O)CN1CCN(c2ccc([N+](=O)[O-])cc2)CC1. The molecule has 0 spiro atoms. The highest BCUT2D eigenvalue weighted by molar-refractivity contribution is 7.10. The number of nitro groups is 1. The molecule has 1 amide bonds. The topological polar surface area (TPSA) is 69.9 Å². The smallest absolute Gasteiger partial charge is 0.269 e. The van der Waals surface area contributed by atoms with Gasteiger partial charge in [-0.1, -0.05) is 6.92 Å². The van der Waals surface area contributed by atoms with Gasteiger partial charge in [-0.05, 0) is 42.0 Å². The zero-order valence-electron chi connectivity index (χ0n) is 16.6. The Morgan fingerprint density at radius 3 is 2.52 bits per heavy atom. The second kappa shape index (κ2) is 8.51. The van der Waals surface area contributed by atoms with Gasteiger partial charge in [0.25, 0.3) is 5.69 Å². The maximum absolute atomic E-state index is 13.0. The van der Waals surface area contributed by atoms with Crippen molar-refractivity contribution in [1.29, 1.82) is 0 Å². The number of carbonyl (C=O) groups is 1. The van der Waals surface area contributed by atoms with E-state index >= 15 is 0 Å². The first-order valence-electron chi connectivity index (χ1n) is 10.1. The molecule has 0 bridgehead atoms. The van der Waals surface area contributed by atoms with Gasteiger partial charge in [-0.15, -0.1) is 11.3 Å². The Morgan fingerprint density at radius 1 is 1.14 bits per heavy atom. The first-order valence-corrected chi connectivity index (χ1v) is 11.0. The second-order valence-corrected chi connectivity index (χ2v) is 8.60. The van der Waals surface area contributed by atoms with Crippen molar-refractivity contribution in [3.05, 3.63) is 56.3 Å². The average molecular weight is 415 g/mol. The van der Waals surface area contributed by atoms with E-state index in [1.165, 1.54) is 10.4 Å². The number of hydrogen-bond donors (Lipinski definition) is 0. The van der Waals surface area contributed by atoms with Crippen LogP contribution in [0, 0.1) is 10.1 Å². The standard InChI is InChI=1S/C21H26N4O3S/c1-2-19-18-8-14-29-20(18)7-9-24(19)21(26)15-22-10-12-23(13-11-22)16-3-5-17(6-4-16)25(27)28/h3-6,8,14,19H,2,7,9-13,15H2,1H3. The van der Waals surface area contributed by atoms with Crippen LogP contribution in [0.4, 0.5) is 11.4 Å². The molecule has 29 heavy (non-hydrogen) atoms. The lowest BCUT2D eigenvalue weighted by molar-refractivity contribution is -0.384. The number of rotatable bonds is 5. The van der Waals surface area contributed by atoms with E-state index in [9.17, 15) is 14.9 Å². The van der Waals surface area contributed by atoms with Crippen molar-refractivity contribution in [2.24, 2.45) is 0 Å². The number of thiophene rings is 1. The molecular formula is C21H26N4O3S. The van der Waals surface area contributed by atoms with Crippen molar-refractivity contribution < 1.29 is 9.72 Å². The number of fused-ring (bicyclic) bond motifs is 1. The Kier molecular flexibility index (Phi) is 5.82. The molecule has 3 heterocycles. The maximum Gasteiger partial charge on any atom is 0.269 e. The van der Waals surface area contributed by atoms with Crippen molar-refractivity contribution in [3.63, 3.8) is 0 Å². The zero-order valence-corrected chi connectivity index (χ0v) is 17.4. The summed E-state index contributed by atoms with van der Waals surface area (Å²) in [6, 6.07) is 9.08. The summed E-state index contributed by atoms with van der Waals surface area (Å²) in [6.07, 6.45) is 1.91. The molecular weight excluding hydrogens is 388 g/mol. The Hall–Kier alpha value is -2.45. The van der Waals surface area contributed by atoms with E-state index < -0.39 is 0 Å². The fourth-order valence-electron chi connectivity index (χ4n) is 4.37. The largest absolute Gasteiger partial charge is 0.369 e. The van der Waals surface area contributed by atoms with Crippen LogP contribution in [0.3, 0.4) is 0 Å². The van der Waals surface area contributed by atoms with E-state index in [0.29, 0.717) is 6.54 Å². The van der Waals surface area contributed by atoms with Gasteiger partial charge < -0.3 is 9.80 Å². The Morgan fingerprint density at radius 2 is 1.86 bits per heavy atom. The van der Waals surface area contributed by atoms with Crippen LogP contribution in [-0.4, -0.2) is 59.9 Å². The van der Waals surface area contributed by atoms with Crippen LogP contribution in [0.5, 0.6) is 0 Å². The molecule has 4 rings (SSSR count). The van der Waals surface area contributed by atoms with Gasteiger partial charge in [-0.3, -0.25) is 19.8 Å². The van der Waals surface area contributed by atoms with E-state index in [4.69, 9.17) is 0 Å². The minimum absolute atomic E-state index is 0.110. The lowest BCUT2D eigenvalue weighted by atomic mass is 9.97. The van der Waals surface area contributed by atoms with Crippen LogP contribution in [0.1, 0.15) is 29.8 Å². The summed E-state index contributed by atoms with van der Waals surface area (Å²) in [5.41, 5.74) is 2.44. The number of anilines is 1. The van der Waals surface area contributed by atoms with E-state index in [1.54, 1.807) is 35.6 Å². The van der Waals surface area contributed by atoms with Crippen LogP contribution >= 0.6 is 11.3 Å². The number of amides is 1. The average Bonchev–Trinajstić information content (AvgIpc) is 3.22. The number of carbonyl (C=O) groups excluding carboxylic acids is 1. The fraction of sp³-hybridized carbons (Fsp3) is 0.476. The molecule has 1 aromatic carbocycles. The molecule has 2 aliphatic rings. The lowest BCUT2D eigenvalue weighted by Gasteiger charge is -2.39. The minimum atomic E-state index is -0.378. The van der Waals surface area contributed by atoms with Crippen molar-refractivity contribution in [2.45, 2.75) is 25.8 Å². The summed E-state index contributed by atoms with van der Waals surface area (Å²) in [4.78, 5) is 31.4. The minimum Gasteiger partial charge on any atom is -0.369 e. The third-order valence-corrected chi connectivity index (χ3v) is 6.96. The monoisotopic (exact) mass is 414 g/mol. The quantitative estimate of drug-likeness (QED) is 0.555. The molecule has 1 saturated heterocycles. The van der Waals surface area contributed by atoms with Gasteiger partial charge in [0.05, 0.1) is 17.5 Å². The molecule has 1 aromatic heterocycles. The Labute approximate surface area is 174 Å². The number of nitro benzene ring substituents is 1. The molecule has 0 aliphatic carbocycles. The highest BCUT2D eigenvalue weighted by atomic mass is 32.1. The molecule has 7 nitrogen and oxygen atoms in total. The van der Waals surface area contributed by atoms with Gasteiger partial charge in [0.2, 0.25) is 5.91 Å². The molecule has 2 aliphatic heterocycles. The van der Waals surface area contributed by atoms with Crippen molar-refractivity contribution in [1.82, 2.24) is 9.80 Å². The number of benzene rings is 1. The maximum atomic E-state index is 13.0. The van der Waals surface area contributed by atoms with Crippen LogP contribution < -0.4 is 4.90 Å². The number of piperazine rings is 1. The highest BCUT2D eigenvalue weighted by Gasteiger charge is 2.31. The summed E-state index contributed by atoms with van der Waals surface area (Å²) < 4.78 is 0. The third kappa shape index (κ3) is 4.13. The van der Waals surface area contributed by atoms with Gasteiger partial charge in [0, 0.05) is 55.4 Å². The van der Waals surface area contributed by atoms with Crippen LogP contribution in [0.15, 0.2) is 35.7 Å².